The maximum Gasteiger partial charge on any atom is 0.258 e. The molecule has 1 heterocycles. The molecule has 1 fully saturated rings. The molecule has 120 valence electrons. The van der Waals surface area contributed by atoms with Crippen molar-refractivity contribution >= 4 is 11.8 Å². The minimum Gasteiger partial charge on any atom is -0.484 e. The van der Waals surface area contributed by atoms with Gasteiger partial charge >= 0.3 is 0 Å². The van der Waals surface area contributed by atoms with Gasteiger partial charge in [0.1, 0.15) is 11.8 Å². The van der Waals surface area contributed by atoms with Gasteiger partial charge in [-0.15, -0.1) is 0 Å². The SMILES string of the molecule is CC(C)c1cccc(OCC(=O)N[C@@H]2CCCCNC2=O)c1. The van der Waals surface area contributed by atoms with Crippen LogP contribution in [-0.2, 0) is 9.59 Å². The monoisotopic (exact) mass is 304 g/mol. The van der Waals surface area contributed by atoms with E-state index in [9.17, 15) is 9.59 Å². The van der Waals surface area contributed by atoms with E-state index in [-0.39, 0.29) is 18.4 Å². The van der Waals surface area contributed by atoms with E-state index in [1.54, 1.807) is 0 Å². The van der Waals surface area contributed by atoms with Crippen molar-refractivity contribution in [2.24, 2.45) is 0 Å². The van der Waals surface area contributed by atoms with Crippen molar-refractivity contribution in [3.63, 3.8) is 0 Å². The van der Waals surface area contributed by atoms with Crippen LogP contribution in [0.1, 0.15) is 44.6 Å². The summed E-state index contributed by atoms with van der Waals surface area (Å²) in [6.45, 7) is 4.82. The number of hydrogen-bond acceptors (Lipinski definition) is 3. The minimum absolute atomic E-state index is 0.0780. The quantitative estimate of drug-likeness (QED) is 0.874. The third-order valence-corrected chi connectivity index (χ3v) is 3.77. The predicted octanol–water partition coefficient (Wildman–Crippen LogP) is 1.97. The van der Waals surface area contributed by atoms with Gasteiger partial charge in [-0.3, -0.25) is 9.59 Å². The number of carbonyl (C=O) groups is 2. The zero-order chi connectivity index (χ0) is 15.9. The Balaban J connectivity index is 1.84. The van der Waals surface area contributed by atoms with Crippen LogP contribution in [0.2, 0.25) is 0 Å². The van der Waals surface area contributed by atoms with Gasteiger partial charge in [0.2, 0.25) is 5.91 Å². The Morgan fingerprint density at radius 3 is 3.00 bits per heavy atom. The van der Waals surface area contributed by atoms with E-state index in [1.807, 2.05) is 24.3 Å². The molecule has 1 saturated heterocycles. The average molecular weight is 304 g/mol. The minimum atomic E-state index is -0.444. The van der Waals surface area contributed by atoms with Gasteiger partial charge in [0.05, 0.1) is 0 Å². The van der Waals surface area contributed by atoms with Gasteiger partial charge in [0, 0.05) is 6.54 Å². The molecule has 0 saturated carbocycles. The zero-order valence-electron chi connectivity index (χ0n) is 13.2. The Labute approximate surface area is 131 Å². The lowest BCUT2D eigenvalue weighted by atomic mass is 10.0. The number of ether oxygens (including phenoxy) is 1. The molecule has 0 radical (unpaired) electrons. The molecule has 1 aromatic rings. The number of carbonyl (C=O) groups excluding carboxylic acids is 2. The highest BCUT2D eigenvalue weighted by molar-refractivity contribution is 5.88. The topological polar surface area (TPSA) is 67.4 Å². The van der Waals surface area contributed by atoms with Crippen LogP contribution in [0.15, 0.2) is 24.3 Å². The second-order valence-corrected chi connectivity index (χ2v) is 5.92. The highest BCUT2D eigenvalue weighted by Crippen LogP contribution is 2.20. The van der Waals surface area contributed by atoms with Gasteiger partial charge in [0.25, 0.3) is 5.91 Å². The number of hydrogen-bond donors (Lipinski definition) is 2. The Bertz CT molecular complexity index is 528. The summed E-state index contributed by atoms with van der Waals surface area (Å²) >= 11 is 0. The van der Waals surface area contributed by atoms with Crippen molar-refractivity contribution in [1.29, 1.82) is 0 Å². The van der Waals surface area contributed by atoms with Crippen LogP contribution in [0.5, 0.6) is 5.75 Å². The van der Waals surface area contributed by atoms with E-state index in [1.165, 1.54) is 5.56 Å². The van der Waals surface area contributed by atoms with E-state index in [0.717, 1.165) is 12.8 Å². The van der Waals surface area contributed by atoms with Gasteiger partial charge in [-0.25, -0.2) is 0 Å². The van der Waals surface area contributed by atoms with E-state index < -0.39 is 6.04 Å². The Kier molecular flexibility index (Phi) is 5.81. The number of nitrogens with one attached hydrogen (secondary N) is 2. The fourth-order valence-corrected chi connectivity index (χ4v) is 2.43. The Hall–Kier alpha value is -2.04. The summed E-state index contributed by atoms with van der Waals surface area (Å²) in [5.74, 6) is 0.711. The van der Waals surface area contributed by atoms with Crippen molar-refractivity contribution in [3.05, 3.63) is 29.8 Å². The second-order valence-electron chi connectivity index (χ2n) is 5.92. The summed E-state index contributed by atoms with van der Waals surface area (Å²) in [6, 6.07) is 7.28. The van der Waals surface area contributed by atoms with Gasteiger partial charge in [-0.05, 0) is 42.9 Å². The average Bonchev–Trinajstić information content (AvgIpc) is 2.70. The van der Waals surface area contributed by atoms with Gasteiger partial charge in [-0.1, -0.05) is 26.0 Å². The lowest BCUT2D eigenvalue weighted by molar-refractivity contribution is -0.129. The van der Waals surface area contributed by atoms with Crippen molar-refractivity contribution in [1.82, 2.24) is 10.6 Å². The van der Waals surface area contributed by atoms with Crippen molar-refractivity contribution in [2.75, 3.05) is 13.2 Å². The van der Waals surface area contributed by atoms with Crippen molar-refractivity contribution in [2.45, 2.75) is 45.1 Å². The molecule has 5 heteroatoms. The van der Waals surface area contributed by atoms with Crippen LogP contribution in [0.4, 0.5) is 0 Å². The standard InChI is InChI=1S/C17H24N2O3/c1-12(2)13-6-5-7-14(10-13)22-11-16(20)19-15-8-3-4-9-18-17(15)21/h5-7,10,12,15H,3-4,8-9,11H2,1-2H3,(H,18,21)(H,19,20)/t15-/m1/s1. The summed E-state index contributed by atoms with van der Waals surface area (Å²) in [7, 11) is 0. The van der Waals surface area contributed by atoms with Crippen molar-refractivity contribution < 1.29 is 14.3 Å². The first-order chi connectivity index (χ1) is 10.6. The fraction of sp³-hybridized carbons (Fsp3) is 0.529. The number of benzene rings is 1. The lowest BCUT2D eigenvalue weighted by Gasteiger charge is -2.15. The molecule has 0 aliphatic carbocycles. The van der Waals surface area contributed by atoms with Crippen LogP contribution in [0, 0.1) is 0 Å². The molecule has 1 aliphatic heterocycles. The molecule has 0 spiro atoms. The summed E-state index contributed by atoms with van der Waals surface area (Å²) in [6.07, 6.45) is 2.57. The van der Waals surface area contributed by atoms with E-state index in [2.05, 4.69) is 24.5 Å². The van der Waals surface area contributed by atoms with E-state index in [4.69, 9.17) is 4.74 Å². The van der Waals surface area contributed by atoms with E-state index in [0.29, 0.717) is 24.6 Å². The van der Waals surface area contributed by atoms with Gasteiger partial charge in [-0.2, -0.15) is 0 Å². The van der Waals surface area contributed by atoms with Crippen molar-refractivity contribution in [3.8, 4) is 5.75 Å². The molecule has 5 nitrogen and oxygen atoms in total. The highest BCUT2D eigenvalue weighted by Gasteiger charge is 2.22. The molecule has 0 unspecified atom stereocenters. The number of amides is 2. The molecular formula is C17H24N2O3. The molecule has 2 amide bonds. The van der Waals surface area contributed by atoms with Crippen LogP contribution in [0.3, 0.4) is 0 Å². The summed E-state index contributed by atoms with van der Waals surface area (Å²) in [5, 5.41) is 5.54. The fourth-order valence-electron chi connectivity index (χ4n) is 2.43. The molecule has 22 heavy (non-hydrogen) atoms. The number of rotatable bonds is 5. The molecule has 1 atom stereocenters. The first kappa shape index (κ1) is 16.3. The maximum atomic E-state index is 11.9. The molecule has 1 aromatic carbocycles. The summed E-state index contributed by atoms with van der Waals surface area (Å²) in [4.78, 5) is 23.7. The summed E-state index contributed by atoms with van der Waals surface area (Å²) < 4.78 is 5.52. The third kappa shape index (κ3) is 4.76. The Morgan fingerprint density at radius 1 is 1.41 bits per heavy atom. The van der Waals surface area contributed by atoms with Crippen LogP contribution in [-0.4, -0.2) is 31.0 Å². The van der Waals surface area contributed by atoms with Crippen LogP contribution in [0.25, 0.3) is 0 Å². The molecule has 2 rings (SSSR count). The normalized spacial score (nSPS) is 18.5. The first-order valence-electron chi connectivity index (χ1n) is 7.86. The molecular weight excluding hydrogens is 280 g/mol. The largest absolute Gasteiger partial charge is 0.484 e. The smallest absolute Gasteiger partial charge is 0.258 e. The second kappa shape index (κ2) is 7.82. The van der Waals surface area contributed by atoms with Crippen LogP contribution >= 0.6 is 0 Å². The lowest BCUT2D eigenvalue weighted by Crippen LogP contribution is -2.46. The van der Waals surface area contributed by atoms with Gasteiger partial charge < -0.3 is 15.4 Å². The Morgan fingerprint density at radius 2 is 2.23 bits per heavy atom. The zero-order valence-corrected chi connectivity index (χ0v) is 13.2. The van der Waals surface area contributed by atoms with Gasteiger partial charge in [0.15, 0.2) is 6.61 Å². The maximum absolute atomic E-state index is 11.9. The first-order valence-corrected chi connectivity index (χ1v) is 7.86. The van der Waals surface area contributed by atoms with E-state index >= 15 is 0 Å². The third-order valence-electron chi connectivity index (χ3n) is 3.77. The predicted molar refractivity (Wildman–Crippen MR) is 84.8 cm³/mol. The molecule has 1 aliphatic rings. The molecule has 0 bridgehead atoms. The molecule has 2 N–H and O–H groups in total. The summed E-state index contributed by atoms with van der Waals surface area (Å²) in [5.41, 5.74) is 1.17. The van der Waals surface area contributed by atoms with Crippen LogP contribution < -0.4 is 15.4 Å². The molecule has 0 aromatic heterocycles. The highest BCUT2D eigenvalue weighted by atomic mass is 16.5.